The number of nitro benzene ring substituents is 1. The molecule has 0 saturated heterocycles. The Morgan fingerprint density at radius 2 is 2.14 bits per heavy atom. The van der Waals surface area contributed by atoms with E-state index in [0.29, 0.717) is 5.25 Å². The number of hydrogen-bond acceptors (Lipinski definition) is 4. The van der Waals surface area contributed by atoms with Gasteiger partial charge in [-0.3, -0.25) is 14.9 Å². The molecule has 1 amide bonds. The first kappa shape index (κ1) is 15.8. The summed E-state index contributed by atoms with van der Waals surface area (Å²) in [7, 11) is 1.75. The van der Waals surface area contributed by atoms with Gasteiger partial charge in [-0.2, -0.15) is 11.8 Å². The number of nitrogens with zero attached hydrogens (tertiary/aromatic N) is 2. The second-order valence-corrected chi connectivity index (χ2v) is 6.81. The van der Waals surface area contributed by atoms with Crippen molar-refractivity contribution < 1.29 is 9.72 Å². The zero-order valence-corrected chi connectivity index (χ0v) is 13.1. The highest BCUT2D eigenvalue weighted by Crippen LogP contribution is 2.33. The monoisotopic (exact) mass is 308 g/mol. The van der Waals surface area contributed by atoms with Crippen LogP contribution >= 0.6 is 11.8 Å². The van der Waals surface area contributed by atoms with Crippen LogP contribution in [0.3, 0.4) is 0 Å². The Labute approximate surface area is 128 Å². The molecule has 0 aromatic heterocycles. The number of para-hydroxylation sites is 1. The highest BCUT2D eigenvalue weighted by molar-refractivity contribution is 7.99. The fourth-order valence-corrected chi connectivity index (χ4v) is 3.96. The Morgan fingerprint density at radius 1 is 1.43 bits per heavy atom. The summed E-state index contributed by atoms with van der Waals surface area (Å²) in [6, 6.07) is 6.34. The van der Waals surface area contributed by atoms with Crippen LogP contribution in [0.1, 0.15) is 36.5 Å². The van der Waals surface area contributed by atoms with Crippen LogP contribution in [0.25, 0.3) is 0 Å². The highest BCUT2D eigenvalue weighted by Gasteiger charge is 2.32. The van der Waals surface area contributed by atoms with Crippen LogP contribution in [0.2, 0.25) is 0 Å². The zero-order valence-electron chi connectivity index (χ0n) is 12.3. The maximum atomic E-state index is 12.5. The fourth-order valence-electron chi connectivity index (χ4n) is 2.83. The maximum absolute atomic E-state index is 12.5. The van der Waals surface area contributed by atoms with Crippen molar-refractivity contribution >= 4 is 23.4 Å². The molecule has 0 radical (unpaired) electrons. The molecular formula is C15H20N2O3S. The number of hydrogen-bond donors (Lipinski definition) is 0. The van der Waals surface area contributed by atoms with Crippen LogP contribution in [-0.2, 0) is 0 Å². The highest BCUT2D eigenvalue weighted by atomic mass is 32.2. The van der Waals surface area contributed by atoms with Gasteiger partial charge in [0.25, 0.3) is 11.6 Å². The fraction of sp³-hybridized carbons (Fsp3) is 0.533. The normalized spacial score (nSPS) is 21.2. The van der Waals surface area contributed by atoms with E-state index in [1.165, 1.54) is 12.1 Å². The standard InChI is InChI=1S/C15H20N2O3S/c1-3-21-12-9-8-11(10-12)16(2)15(18)13-6-4-5-7-14(13)17(19)20/h4-7,11-12H,3,8-10H2,1-2H3/t11-,12+/m0/s1. The third kappa shape index (κ3) is 3.56. The molecule has 1 fully saturated rings. The lowest BCUT2D eigenvalue weighted by Gasteiger charge is -2.24. The molecule has 5 nitrogen and oxygen atoms in total. The van der Waals surface area contributed by atoms with Crippen molar-refractivity contribution in [3.8, 4) is 0 Å². The molecule has 0 spiro atoms. The molecule has 2 rings (SSSR count). The molecule has 0 unspecified atom stereocenters. The van der Waals surface area contributed by atoms with Crippen LogP contribution in [0.15, 0.2) is 24.3 Å². The molecule has 0 bridgehead atoms. The molecule has 1 aliphatic rings. The summed E-state index contributed by atoms with van der Waals surface area (Å²) in [6.07, 6.45) is 3.06. The first-order valence-corrected chi connectivity index (χ1v) is 8.21. The lowest BCUT2D eigenvalue weighted by atomic mass is 10.1. The van der Waals surface area contributed by atoms with Gasteiger partial charge in [-0.1, -0.05) is 19.1 Å². The number of rotatable bonds is 5. The van der Waals surface area contributed by atoms with Crippen LogP contribution < -0.4 is 0 Å². The number of benzene rings is 1. The summed E-state index contributed by atoms with van der Waals surface area (Å²) >= 11 is 1.93. The average molecular weight is 308 g/mol. The van der Waals surface area contributed by atoms with Gasteiger partial charge in [0.2, 0.25) is 0 Å². The third-order valence-electron chi connectivity index (χ3n) is 3.96. The smallest absolute Gasteiger partial charge is 0.282 e. The van der Waals surface area contributed by atoms with Crippen LogP contribution in [0.5, 0.6) is 0 Å². The van der Waals surface area contributed by atoms with Crippen molar-refractivity contribution in [2.75, 3.05) is 12.8 Å². The van der Waals surface area contributed by atoms with Crippen LogP contribution in [0.4, 0.5) is 5.69 Å². The van der Waals surface area contributed by atoms with Crippen LogP contribution in [-0.4, -0.2) is 39.8 Å². The quantitative estimate of drug-likeness (QED) is 0.618. The van der Waals surface area contributed by atoms with Gasteiger partial charge in [-0.25, -0.2) is 0 Å². The predicted octanol–water partition coefficient (Wildman–Crippen LogP) is 3.34. The largest absolute Gasteiger partial charge is 0.338 e. The van der Waals surface area contributed by atoms with E-state index >= 15 is 0 Å². The Kier molecular flexibility index (Phi) is 5.22. The summed E-state index contributed by atoms with van der Waals surface area (Å²) in [4.78, 5) is 24.8. The summed E-state index contributed by atoms with van der Waals surface area (Å²) in [5, 5.41) is 11.6. The van der Waals surface area contributed by atoms with E-state index in [1.54, 1.807) is 24.1 Å². The molecule has 0 N–H and O–H groups in total. The lowest BCUT2D eigenvalue weighted by molar-refractivity contribution is -0.385. The second-order valence-electron chi connectivity index (χ2n) is 5.23. The maximum Gasteiger partial charge on any atom is 0.282 e. The van der Waals surface area contributed by atoms with Gasteiger partial charge < -0.3 is 4.90 Å². The Bertz CT molecular complexity index is 535. The van der Waals surface area contributed by atoms with Crippen molar-refractivity contribution in [2.45, 2.75) is 37.5 Å². The van der Waals surface area contributed by atoms with Gasteiger partial charge in [-0.15, -0.1) is 0 Å². The predicted molar refractivity (Wildman–Crippen MR) is 84.7 cm³/mol. The second kappa shape index (κ2) is 6.93. The lowest BCUT2D eigenvalue weighted by Crippen LogP contribution is -2.36. The minimum absolute atomic E-state index is 0.119. The summed E-state index contributed by atoms with van der Waals surface area (Å²) in [5.74, 6) is 0.827. The van der Waals surface area contributed by atoms with Crippen molar-refractivity contribution in [3.63, 3.8) is 0 Å². The van der Waals surface area contributed by atoms with Crippen molar-refractivity contribution in [3.05, 3.63) is 39.9 Å². The van der Waals surface area contributed by atoms with Gasteiger partial charge >= 0.3 is 0 Å². The molecular weight excluding hydrogens is 288 g/mol. The SMILES string of the molecule is CCS[C@@H]1CC[C@H](N(C)C(=O)c2ccccc2[N+](=O)[O-])C1. The number of nitro groups is 1. The van der Waals surface area contributed by atoms with Gasteiger partial charge in [0.05, 0.1) is 4.92 Å². The number of thioether (sulfide) groups is 1. The molecule has 2 atom stereocenters. The average Bonchev–Trinajstić information content (AvgIpc) is 2.94. The number of carbonyl (C=O) groups is 1. The molecule has 6 heteroatoms. The van der Waals surface area contributed by atoms with Crippen LogP contribution in [0, 0.1) is 10.1 Å². The topological polar surface area (TPSA) is 63.5 Å². The first-order valence-electron chi connectivity index (χ1n) is 7.16. The van der Waals surface area contributed by atoms with E-state index in [2.05, 4.69) is 6.92 Å². The Balaban J connectivity index is 2.12. The van der Waals surface area contributed by atoms with Gasteiger partial charge in [0, 0.05) is 24.4 Å². The van der Waals surface area contributed by atoms with E-state index in [9.17, 15) is 14.9 Å². The minimum atomic E-state index is -0.495. The molecule has 1 aromatic carbocycles. The Morgan fingerprint density at radius 3 is 2.81 bits per heavy atom. The number of carbonyl (C=O) groups excluding carboxylic acids is 1. The van der Waals surface area contributed by atoms with Crippen molar-refractivity contribution in [1.29, 1.82) is 0 Å². The zero-order chi connectivity index (χ0) is 15.4. The summed E-state index contributed by atoms with van der Waals surface area (Å²) < 4.78 is 0. The van der Waals surface area contributed by atoms with E-state index < -0.39 is 4.92 Å². The van der Waals surface area contributed by atoms with E-state index in [4.69, 9.17) is 0 Å². The van der Waals surface area contributed by atoms with Gasteiger partial charge in [0.1, 0.15) is 5.56 Å². The first-order chi connectivity index (χ1) is 10.0. The van der Waals surface area contributed by atoms with Crippen molar-refractivity contribution in [1.82, 2.24) is 4.90 Å². The summed E-state index contributed by atoms with van der Waals surface area (Å²) in [6.45, 7) is 2.14. The van der Waals surface area contributed by atoms with Gasteiger partial charge in [0.15, 0.2) is 0 Å². The van der Waals surface area contributed by atoms with Crippen molar-refractivity contribution in [2.24, 2.45) is 0 Å². The van der Waals surface area contributed by atoms with E-state index in [1.807, 2.05) is 11.8 Å². The summed E-state index contributed by atoms with van der Waals surface area (Å²) in [5.41, 5.74) is 0.0587. The molecule has 1 aromatic rings. The molecule has 0 heterocycles. The van der Waals surface area contributed by atoms with E-state index in [-0.39, 0.29) is 23.2 Å². The molecule has 1 saturated carbocycles. The van der Waals surface area contributed by atoms with E-state index in [0.717, 1.165) is 25.0 Å². The van der Waals surface area contributed by atoms with Gasteiger partial charge in [-0.05, 0) is 31.1 Å². The minimum Gasteiger partial charge on any atom is -0.338 e. The molecule has 0 aliphatic heterocycles. The molecule has 114 valence electrons. The molecule has 21 heavy (non-hydrogen) atoms. The third-order valence-corrected chi connectivity index (χ3v) is 5.19. The molecule has 1 aliphatic carbocycles. The Hall–Kier alpha value is -1.56. The number of amides is 1.